The largest absolute Gasteiger partial charge is 0.394 e. The number of amides is 5. The molecule has 10 aliphatic rings. The molecule has 0 saturated carbocycles. The maximum atomic E-state index is 13.3. The Balaban J connectivity index is 1.04. The lowest BCUT2D eigenvalue weighted by molar-refractivity contribution is -0.404. The highest BCUT2D eigenvalue weighted by Crippen LogP contribution is 2.41. The predicted octanol–water partition coefficient (Wildman–Crippen LogP) is -21.1. The van der Waals surface area contributed by atoms with Gasteiger partial charge in [0.1, 0.15) is 238 Å². The average molecular weight is 1830 g/mol. The first-order chi connectivity index (χ1) is 59.1. The van der Waals surface area contributed by atoms with Crippen molar-refractivity contribution in [3.8, 4) is 0 Å². The minimum atomic E-state index is -2.69. The van der Waals surface area contributed by atoms with Gasteiger partial charge in [-0.05, 0) is 6.92 Å². The summed E-state index contributed by atoms with van der Waals surface area (Å²) in [6.45, 7) is -4.14. The summed E-state index contributed by atoms with van der Waals surface area (Å²) in [7, 11) is 0. The van der Waals surface area contributed by atoms with Gasteiger partial charge < -0.3 is 249 Å². The van der Waals surface area contributed by atoms with Gasteiger partial charge in [0.05, 0.1) is 65.6 Å². The highest BCUT2D eigenvalue weighted by Gasteiger charge is 2.62. The molecule has 10 aliphatic heterocycles. The Kier molecular flexibility index (Phi) is 36.8. The van der Waals surface area contributed by atoms with Crippen LogP contribution in [-0.2, 0) is 114 Å². The first-order valence-corrected chi connectivity index (χ1v) is 40.0. The van der Waals surface area contributed by atoms with Crippen molar-refractivity contribution in [1.82, 2.24) is 26.6 Å². The molecule has 10 heterocycles. The van der Waals surface area contributed by atoms with E-state index in [0.29, 0.717) is 0 Å². The van der Waals surface area contributed by atoms with Crippen molar-refractivity contribution in [3.05, 3.63) is 0 Å². The molecular formula is C70H117N5O50. The fraction of sp³-hybridized carbons (Fsp3) is 0.929. The highest BCUT2D eigenvalue weighted by molar-refractivity contribution is 5.75. The molecule has 0 radical (unpaired) electrons. The summed E-state index contributed by atoms with van der Waals surface area (Å²) in [6, 6.07) is -9.53. The number of nitrogens with one attached hydrogen (secondary N) is 5. The quantitative estimate of drug-likeness (QED) is 0.0297. The van der Waals surface area contributed by atoms with Gasteiger partial charge in [-0.2, -0.15) is 0 Å². The molecular weight excluding hydrogens is 1710 g/mol. The van der Waals surface area contributed by atoms with Crippen LogP contribution in [0, 0.1) is 0 Å². The zero-order valence-corrected chi connectivity index (χ0v) is 67.7. The fourth-order valence-electron chi connectivity index (χ4n) is 16.2. The second-order valence-electron chi connectivity index (χ2n) is 31.7. The van der Waals surface area contributed by atoms with E-state index in [1.165, 1.54) is 6.92 Å². The standard InChI is InChI=1S/C70H117N5O50/c1-16-36(88)47(99)50(102)66(109-16)107-15-30-56(45(97)31(61(106)110-30)71-17(2)83)120-64-34(74-20(5)86)46(98)54(27(12-81)116-64)121-68-53(105)58(42(94)29(118-68)14-108-69-59(49(101)40(92)25(10-79)115-69)124-62-32(72-18(3)84)43(95)37(89)22(7-76)111-62)123-70-60(125-63-33(73-19(4)85)44(96)38(90)23(8-77)112-63)52(104)55(28(13-82)117-70)119-65-35(75-21(6)87)57(41(93)26(11-80)113-65)122-67-51(103)48(100)39(91)24(9-78)114-67/h16,22-70,76-82,88-106H,7-15H2,1-6H3,(H,71,83)(H,72,84)(H,73,85)(H,74,86)(H,75,87)/t16-,22+,23+,24+,25+,26+,27+,28+,29+,30+,31+,32+,33+,34+,35+,36+,37+,38+,39-,40+,41+,42+,43+,44+,45+,46+,47+,48-,49-,50-,51+,52-,53-,54+,55+,56+,57+,58-,59-,60-,61+,62-,63-,64-,65-,66+,67-,68-,69-,70+/m0/s1. The maximum absolute atomic E-state index is 13.3. The third kappa shape index (κ3) is 23.1. The number of aliphatic hydroxyl groups is 26. The van der Waals surface area contributed by atoms with Crippen LogP contribution in [0.1, 0.15) is 41.5 Å². The van der Waals surface area contributed by atoms with E-state index in [9.17, 15) is 157 Å². The number of ether oxygens (including phenoxy) is 19. The normalized spacial score (nSPS) is 48.7. The average Bonchev–Trinajstić information content (AvgIpc) is 0.759. The van der Waals surface area contributed by atoms with Gasteiger partial charge in [0.15, 0.2) is 62.9 Å². The molecule has 0 aromatic heterocycles. The Morgan fingerprint density at radius 1 is 0.224 bits per heavy atom. The van der Waals surface area contributed by atoms with E-state index < -0.39 is 396 Å². The van der Waals surface area contributed by atoms with E-state index in [1.54, 1.807) is 0 Å². The lowest BCUT2D eigenvalue weighted by Crippen LogP contribution is -2.71. The zero-order chi connectivity index (χ0) is 92.1. The molecule has 0 aromatic rings. The van der Waals surface area contributed by atoms with E-state index in [-0.39, 0.29) is 0 Å². The summed E-state index contributed by atoms with van der Waals surface area (Å²) in [5.74, 6) is -4.68. The summed E-state index contributed by atoms with van der Waals surface area (Å²) in [6.07, 6.45) is -94.7. The van der Waals surface area contributed by atoms with Crippen molar-refractivity contribution in [2.75, 3.05) is 59.5 Å². The van der Waals surface area contributed by atoms with Gasteiger partial charge in [-0.1, -0.05) is 0 Å². The van der Waals surface area contributed by atoms with Crippen LogP contribution in [0.5, 0.6) is 0 Å². The molecule has 31 N–H and O–H groups in total. The third-order valence-corrected chi connectivity index (χ3v) is 22.8. The molecule has 125 heavy (non-hydrogen) atoms. The zero-order valence-electron chi connectivity index (χ0n) is 67.7. The monoisotopic (exact) mass is 1830 g/mol. The fourth-order valence-corrected chi connectivity index (χ4v) is 16.2. The van der Waals surface area contributed by atoms with Crippen LogP contribution >= 0.6 is 0 Å². The van der Waals surface area contributed by atoms with Crippen LogP contribution in [0.15, 0.2) is 0 Å². The minimum absolute atomic E-state index is 0.853. The first kappa shape index (κ1) is 103. The SMILES string of the molecule is CC(=O)N[C@@H]1[C@@H](O)[C@H](O[C@@H]2O[C@H](CO)[C@@H](O[C@@H]3O[C@H](CO[C@H]4O[C@H](CO)[C@@H](O)[C@H](O)[C@@H]4O[C@@H]4O[C@H](CO)[C@@H](O)[C@H](O)[C@H]4NC(C)=O)[C@@H](O)[C@H](O[C@H]4O[C@H](CO)[C@@H](O[C@@H]5O[C@H](CO)[C@@H](O)[C@H](O[C@@H]6O[C@H](CO)[C@H](O)[C@H](O)[C@H]6O)[C@H]5NC(C)=O)[C@H](O)[C@@H]4O[C@@H]4O[C@H](CO)[C@@H](O)[C@H](O)[C@H]4NC(C)=O)[C@@H]3O)[C@H](O)[C@H]2NC(C)=O)[C@@H](CO[C@@H]2O[C@@H](C)[C@@H](O)[C@@H](O)[C@@H]2O)O[C@H]1O. The van der Waals surface area contributed by atoms with Gasteiger partial charge in [-0.25, -0.2) is 0 Å². The summed E-state index contributed by atoms with van der Waals surface area (Å²) in [5.41, 5.74) is 0. The molecule has 55 heteroatoms. The summed E-state index contributed by atoms with van der Waals surface area (Å²) < 4.78 is 114. The number of aliphatic hydroxyl groups excluding tert-OH is 26. The van der Waals surface area contributed by atoms with E-state index in [4.69, 9.17) is 90.0 Å². The number of carbonyl (C=O) groups is 5. The van der Waals surface area contributed by atoms with Crippen LogP contribution in [-0.4, -0.2) is 529 Å². The van der Waals surface area contributed by atoms with Crippen molar-refractivity contribution in [3.63, 3.8) is 0 Å². The summed E-state index contributed by atoms with van der Waals surface area (Å²) in [5, 5.41) is 305. The molecule has 0 aromatic carbocycles. The molecule has 50 atom stereocenters. The molecule has 0 bridgehead atoms. The van der Waals surface area contributed by atoms with Crippen LogP contribution in [0.25, 0.3) is 0 Å². The molecule has 0 spiro atoms. The van der Waals surface area contributed by atoms with Crippen LogP contribution in [0.2, 0.25) is 0 Å². The van der Waals surface area contributed by atoms with Crippen LogP contribution in [0.3, 0.4) is 0 Å². The molecule has 0 unspecified atom stereocenters. The van der Waals surface area contributed by atoms with Crippen molar-refractivity contribution in [2.24, 2.45) is 0 Å². The number of hydrogen-bond donors (Lipinski definition) is 31. The van der Waals surface area contributed by atoms with Crippen LogP contribution < -0.4 is 26.6 Å². The number of rotatable bonds is 32. The highest BCUT2D eigenvalue weighted by atomic mass is 16.8. The summed E-state index contributed by atoms with van der Waals surface area (Å²) in [4.78, 5) is 64.5. The Bertz CT molecular complexity index is 3420. The van der Waals surface area contributed by atoms with Gasteiger partial charge >= 0.3 is 0 Å². The second kappa shape index (κ2) is 44.9. The molecule has 722 valence electrons. The molecule has 10 fully saturated rings. The lowest BCUT2D eigenvalue weighted by atomic mass is 9.93. The Labute approximate surface area is 708 Å². The van der Waals surface area contributed by atoms with Crippen molar-refractivity contribution >= 4 is 29.5 Å². The van der Waals surface area contributed by atoms with E-state index in [1.807, 2.05) is 0 Å². The van der Waals surface area contributed by atoms with E-state index in [2.05, 4.69) is 26.6 Å². The van der Waals surface area contributed by atoms with Crippen LogP contribution in [0.4, 0.5) is 0 Å². The Morgan fingerprint density at radius 2 is 0.520 bits per heavy atom. The molecule has 0 aliphatic carbocycles. The molecule has 55 nitrogen and oxygen atoms in total. The van der Waals surface area contributed by atoms with Gasteiger partial charge in [0, 0.05) is 34.6 Å². The molecule has 10 rings (SSSR count). The lowest BCUT2D eigenvalue weighted by Gasteiger charge is -2.52. The van der Waals surface area contributed by atoms with Crippen molar-refractivity contribution < 1.29 is 247 Å². The van der Waals surface area contributed by atoms with Gasteiger partial charge in [0.25, 0.3) is 0 Å². The first-order valence-electron chi connectivity index (χ1n) is 40.0. The third-order valence-electron chi connectivity index (χ3n) is 22.8. The van der Waals surface area contributed by atoms with E-state index >= 15 is 0 Å². The maximum Gasteiger partial charge on any atom is 0.217 e. The Hall–Kier alpha value is -4.45. The summed E-state index contributed by atoms with van der Waals surface area (Å²) >= 11 is 0. The predicted molar refractivity (Wildman–Crippen MR) is 386 cm³/mol. The smallest absolute Gasteiger partial charge is 0.217 e. The van der Waals surface area contributed by atoms with Crippen molar-refractivity contribution in [1.29, 1.82) is 0 Å². The van der Waals surface area contributed by atoms with Gasteiger partial charge in [0.2, 0.25) is 29.5 Å². The van der Waals surface area contributed by atoms with Gasteiger partial charge in [-0.15, -0.1) is 0 Å². The van der Waals surface area contributed by atoms with E-state index in [0.717, 1.165) is 34.6 Å². The molecule has 10 saturated heterocycles. The molecule has 5 amide bonds. The second-order valence-corrected chi connectivity index (χ2v) is 31.7. The number of hydrogen-bond acceptors (Lipinski definition) is 50. The van der Waals surface area contributed by atoms with Crippen molar-refractivity contribution in [2.45, 2.75) is 348 Å². The Morgan fingerprint density at radius 3 is 1.01 bits per heavy atom. The minimum Gasteiger partial charge on any atom is -0.394 e. The topological polar surface area (TPSA) is 847 Å². The van der Waals surface area contributed by atoms with Gasteiger partial charge in [-0.3, -0.25) is 24.0 Å². The number of carbonyl (C=O) groups excluding carboxylic acids is 5.